The van der Waals surface area contributed by atoms with Gasteiger partial charge >= 0.3 is 0 Å². The summed E-state index contributed by atoms with van der Waals surface area (Å²) in [5, 5.41) is 12.7. The summed E-state index contributed by atoms with van der Waals surface area (Å²) >= 11 is 0. The summed E-state index contributed by atoms with van der Waals surface area (Å²) < 4.78 is 5.27. The van der Waals surface area contributed by atoms with Crippen molar-refractivity contribution in [3.63, 3.8) is 0 Å². The molecule has 0 aliphatic rings. The number of nitrogens with one attached hydrogen (secondary N) is 3. The summed E-state index contributed by atoms with van der Waals surface area (Å²) in [5.41, 5.74) is 8.06. The molecule has 6 aromatic rings. The molecule has 0 aliphatic carbocycles. The van der Waals surface area contributed by atoms with Gasteiger partial charge in [-0.2, -0.15) is 5.10 Å². The van der Waals surface area contributed by atoms with Gasteiger partial charge in [-0.25, -0.2) is 0 Å². The molecule has 172 valence electrons. The van der Waals surface area contributed by atoms with E-state index >= 15 is 0 Å². The fourth-order valence-electron chi connectivity index (χ4n) is 4.18. The van der Waals surface area contributed by atoms with Crippen LogP contribution >= 0.6 is 0 Å². The van der Waals surface area contributed by atoms with Gasteiger partial charge in [-0.05, 0) is 35.9 Å². The molecule has 0 spiro atoms. The van der Waals surface area contributed by atoms with Crippen LogP contribution in [0, 0.1) is 5.92 Å². The van der Waals surface area contributed by atoms with E-state index < -0.39 is 0 Å². The van der Waals surface area contributed by atoms with Gasteiger partial charge in [0.25, 0.3) is 0 Å². The summed E-state index contributed by atoms with van der Waals surface area (Å²) in [7, 11) is 0. The Kier molecular flexibility index (Phi) is 4.92. The van der Waals surface area contributed by atoms with Crippen molar-refractivity contribution in [2.75, 3.05) is 5.32 Å². The largest absolute Gasteiger partial charge is 0.472 e. The lowest BCUT2D eigenvalue weighted by Gasteiger charge is -2.09. The number of H-pyrrole nitrogens is 2. The SMILES string of the molecule is CC(C)C(=O)Nc1cncc(-c2ccc3[nH]nc(-c4cc5c(-c6ccoc6)cncc5[nH]4)c3c2)c1. The topological polar surface area (TPSA) is 112 Å². The lowest BCUT2D eigenvalue weighted by Crippen LogP contribution is -2.17. The van der Waals surface area contributed by atoms with E-state index in [1.165, 1.54) is 0 Å². The predicted molar refractivity (Wildman–Crippen MR) is 136 cm³/mol. The van der Waals surface area contributed by atoms with Crippen molar-refractivity contribution in [2.45, 2.75) is 13.8 Å². The van der Waals surface area contributed by atoms with Crippen molar-refractivity contribution in [2.24, 2.45) is 5.92 Å². The normalized spacial score (nSPS) is 11.5. The number of rotatable bonds is 5. The van der Waals surface area contributed by atoms with E-state index in [1.54, 1.807) is 24.9 Å². The van der Waals surface area contributed by atoms with Crippen molar-refractivity contribution < 1.29 is 9.21 Å². The first-order chi connectivity index (χ1) is 17.1. The number of fused-ring (bicyclic) bond motifs is 2. The highest BCUT2D eigenvalue weighted by atomic mass is 16.3. The van der Waals surface area contributed by atoms with Crippen molar-refractivity contribution >= 4 is 33.4 Å². The fourth-order valence-corrected chi connectivity index (χ4v) is 4.18. The van der Waals surface area contributed by atoms with E-state index in [9.17, 15) is 4.79 Å². The van der Waals surface area contributed by atoms with Gasteiger partial charge in [0, 0.05) is 45.8 Å². The van der Waals surface area contributed by atoms with Crippen LogP contribution in [0.25, 0.3) is 55.4 Å². The first-order valence-electron chi connectivity index (χ1n) is 11.3. The Morgan fingerprint density at radius 1 is 0.914 bits per heavy atom. The van der Waals surface area contributed by atoms with Crippen LogP contribution in [0.3, 0.4) is 0 Å². The zero-order valence-corrected chi connectivity index (χ0v) is 19.2. The standard InChI is InChI=1S/C27H22N6O2/c1-15(2)27(34)30-19-7-18(10-28-11-19)16-3-4-23-21(8-16)26(33-32-23)24-9-20-22(17-5-6-35-14-17)12-29-13-25(20)31-24/h3-15,31H,1-2H3,(H,30,34)(H,32,33). The number of carbonyl (C=O) groups is 1. The molecule has 5 heterocycles. The molecule has 5 aromatic heterocycles. The highest BCUT2D eigenvalue weighted by Crippen LogP contribution is 2.35. The molecule has 0 atom stereocenters. The quantitative estimate of drug-likeness (QED) is 0.290. The Balaban J connectivity index is 1.41. The molecule has 35 heavy (non-hydrogen) atoms. The van der Waals surface area contributed by atoms with Crippen LogP contribution in [0.4, 0.5) is 5.69 Å². The Labute approximate surface area is 200 Å². The van der Waals surface area contributed by atoms with E-state index in [4.69, 9.17) is 4.42 Å². The molecule has 0 radical (unpaired) electrons. The maximum absolute atomic E-state index is 12.1. The van der Waals surface area contributed by atoms with Gasteiger partial charge in [0.15, 0.2) is 0 Å². The number of aromatic nitrogens is 5. The minimum absolute atomic E-state index is 0.0420. The second-order valence-electron chi connectivity index (χ2n) is 8.78. The van der Waals surface area contributed by atoms with Crippen LogP contribution < -0.4 is 5.32 Å². The van der Waals surface area contributed by atoms with Crippen LogP contribution in [0.5, 0.6) is 0 Å². The maximum atomic E-state index is 12.1. The minimum atomic E-state index is -0.107. The number of benzene rings is 1. The minimum Gasteiger partial charge on any atom is -0.472 e. The van der Waals surface area contributed by atoms with Gasteiger partial charge in [-0.3, -0.25) is 19.9 Å². The lowest BCUT2D eigenvalue weighted by molar-refractivity contribution is -0.118. The molecule has 0 saturated carbocycles. The van der Waals surface area contributed by atoms with Crippen molar-refractivity contribution in [1.29, 1.82) is 0 Å². The summed E-state index contributed by atoms with van der Waals surface area (Å²) in [5.74, 6) is -0.149. The molecular formula is C27H22N6O2. The first-order valence-corrected chi connectivity index (χ1v) is 11.3. The second-order valence-corrected chi connectivity index (χ2v) is 8.78. The van der Waals surface area contributed by atoms with Gasteiger partial charge in [0.05, 0.1) is 47.3 Å². The maximum Gasteiger partial charge on any atom is 0.226 e. The fraction of sp³-hybridized carbons (Fsp3) is 0.111. The summed E-state index contributed by atoms with van der Waals surface area (Å²) in [6.07, 6.45) is 10.5. The van der Waals surface area contributed by atoms with Crippen molar-refractivity contribution in [3.8, 4) is 33.6 Å². The molecule has 0 fully saturated rings. The van der Waals surface area contributed by atoms with Crippen LogP contribution in [0.1, 0.15) is 13.8 Å². The van der Waals surface area contributed by atoms with E-state index in [1.807, 2.05) is 50.5 Å². The average molecular weight is 463 g/mol. The zero-order chi connectivity index (χ0) is 23.9. The third-order valence-electron chi connectivity index (χ3n) is 6.06. The number of pyridine rings is 2. The zero-order valence-electron chi connectivity index (χ0n) is 19.2. The Hall–Kier alpha value is -4.72. The van der Waals surface area contributed by atoms with Crippen molar-refractivity contribution in [3.05, 3.63) is 73.7 Å². The monoisotopic (exact) mass is 462 g/mol. The van der Waals surface area contributed by atoms with Gasteiger partial charge in [0.1, 0.15) is 5.69 Å². The van der Waals surface area contributed by atoms with Crippen LogP contribution in [0.2, 0.25) is 0 Å². The Morgan fingerprint density at radius 3 is 2.63 bits per heavy atom. The van der Waals surface area contributed by atoms with E-state index in [2.05, 4.69) is 42.6 Å². The predicted octanol–water partition coefficient (Wildman–Crippen LogP) is 6.02. The molecule has 8 heteroatoms. The lowest BCUT2D eigenvalue weighted by atomic mass is 10.0. The second kappa shape index (κ2) is 8.25. The Bertz CT molecular complexity index is 1680. The Morgan fingerprint density at radius 2 is 1.80 bits per heavy atom. The van der Waals surface area contributed by atoms with E-state index in [-0.39, 0.29) is 11.8 Å². The summed E-state index contributed by atoms with van der Waals surface area (Å²) in [6, 6.07) is 12.0. The number of hydrogen-bond donors (Lipinski definition) is 3. The molecular weight excluding hydrogens is 440 g/mol. The molecule has 0 bridgehead atoms. The van der Waals surface area contributed by atoms with E-state index in [0.717, 1.165) is 55.4 Å². The number of anilines is 1. The number of aromatic amines is 2. The van der Waals surface area contributed by atoms with Crippen molar-refractivity contribution in [1.82, 2.24) is 25.1 Å². The van der Waals surface area contributed by atoms with Gasteiger partial charge in [0.2, 0.25) is 5.91 Å². The van der Waals surface area contributed by atoms with Crippen LogP contribution in [-0.2, 0) is 4.79 Å². The number of furan rings is 1. The molecule has 0 aliphatic heterocycles. The number of nitrogens with zero attached hydrogens (tertiary/aromatic N) is 3. The smallest absolute Gasteiger partial charge is 0.226 e. The average Bonchev–Trinajstić information content (AvgIpc) is 3.62. The number of amides is 1. The summed E-state index contributed by atoms with van der Waals surface area (Å²) in [4.78, 5) is 24.3. The van der Waals surface area contributed by atoms with Gasteiger partial charge in [-0.15, -0.1) is 0 Å². The van der Waals surface area contributed by atoms with E-state index in [0.29, 0.717) is 5.69 Å². The van der Waals surface area contributed by atoms with Gasteiger partial charge < -0.3 is 14.7 Å². The van der Waals surface area contributed by atoms with Crippen LogP contribution in [0.15, 0.2) is 78.1 Å². The molecule has 0 saturated heterocycles. The number of carbonyl (C=O) groups excluding carboxylic acids is 1. The molecule has 6 rings (SSSR count). The third-order valence-corrected chi connectivity index (χ3v) is 6.06. The molecule has 3 N–H and O–H groups in total. The van der Waals surface area contributed by atoms with Gasteiger partial charge in [-0.1, -0.05) is 19.9 Å². The molecule has 1 aromatic carbocycles. The highest BCUT2D eigenvalue weighted by Gasteiger charge is 2.15. The highest BCUT2D eigenvalue weighted by molar-refractivity contribution is 6.01. The number of hydrogen-bond acceptors (Lipinski definition) is 5. The molecule has 0 unspecified atom stereocenters. The third kappa shape index (κ3) is 3.74. The van der Waals surface area contributed by atoms with Crippen LogP contribution in [-0.4, -0.2) is 31.1 Å². The molecule has 1 amide bonds. The molecule has 8 nitrogen and oxygen atoms in total. The first kappa shape index (κ1) is 20.9. The summed E-state index contributed by atoms with van der Waals surface area (Å²) in [6.45, 7) is 3.72.